The van der Waals surface area contributed by atoms with Crippen molar-refractivity contribution in [1.82, 2.24) is 10.6 Å². The van der Waals surface area contributed by atoms with Gasteiger partial charge in [-0.3, -0.25) is 9.59 Å². The maximum atomic E-state index is 10.9. The monoisotopic (exact) mass is 204 g/mol. The van der Waals surface area contributed by atoms with Gasteiger partial charge in [-0.1, -0.05) is 0 Å². The summed E-state index contributed by atoms with van der Waals surface area (Å²) in [6.45, 7) is 1.43. The second-order valence-electron chi connectivity index (χ2n) is 3.37. The summed E-state index contributed by atoms with van der Waals surface area (Å²) in [6, 6.07) is 0. The largest absolute Gasteiger partial charge is 0.481 e. The van der Waals surface area contributed by atoms with E-state index in [-0.39, 0.29) is 19.0 Å². The van der Waals surface area contributed by atoms with Crippen LogP contribution in [0.5, 0.6) is 0 Å². The molecule has 0 fully saturated rings. The zero-order valence-corrected chi connectivity index (χ0v) is 8.33. The van der Waals surface area contributed by atoms with Crippen LogP contribution in [0.4, 0.5) is 0 Å². The molecule has 0 saturated carbocycles. The number of amides is 1. The van der Waals surface area contributed by atoms with E-state index in [0.717, 1.165) is 0 Å². The Kier molecular flexibility index (Phi) is 5.11. The Labute approximate surface area is 82.3 Å². The SMILES string of the molecule is CNCC(=O)NCC(C)(O)CC(=O)O. The number of carboxylic acid groups (broad SMARTS) is 1. The summed E-state index contributed by atoms with van der Waals surface area (Å²) in [5, 5.41) is 23.0. The lowest BCUT2D eigenvalue weighted by molar-refractivity contribution is -0.142. The molecule has 6 nitrogen and oxygen atoms in total. The first-order chi connectivity index (χ1) is 6.37. The van der Waals surface area contributed by atoms with Crippen LogP contribution in [0.1, 0.15) is 13.3 Å². The van der Waals surface area contributed by atoms with E-state index in [1.165, 1.54) is 6.92 Å². The van der Waals surface area contributed by atoms with E-state index in [0.29, 0.717) is 0 Å². The molecule has 0 saturated heterocycles. The van der Waals surface area contributed by atoms with Gasteiger partial charge in [0.05, 0.1) is 18.6 Å². The number of aliphatic carboxylic acids is 1. The number of carbonyl (C=O) groups excluding carboxylic acids is 1. The summed E-state index contributed by atoms with van der Waals surface area (Å²) in [6.07, 6.45) is -0.396. The predicted molar refractivity (Wildman–Crippen MR) is 49.8 cm³/mol. The molecule has 0 aromatic heterocycles. The summed E-state index contributed by atoms with van der Waals surface area (Å²) < 4.78 is 0. The van der Waals surface area contributed by atoms with Crippen LogP contribution in [0.25, 0.3) is 0 Å². The lowest BCUT2D eigenvalue weighted by atomic mass is 10.0. The van der Waals surface area contributed by atoms with Crippen molar-refractivity contribution in [3.8, 4) is 0 Å². The number of carbonyl (C=O) groups is 2. The first-order valence-corrected chi connectivity index (χ1v) is 4.23. The highest BCUT2D eigenvalue weighted by Gasteiger charge is 2.24. The molecule has 0 rings (SSSR count). The highest BCUT2D eigenvalue weighted by Crippen LogP contribution is 2.06. The lowest BCUT2D eigenvalue weighted by Crippen LogP contribution is -2.44. The van der Waals surface area contributed by atoms with Crippen LogP contribution < -0.4 is 10.6 Å². The number of nitrogens with one attached hydrogen (secondary N) is 2. The summed E-state index contributed by atoms with van der Waals surface area (Å²) in [7, 11) is 1.62. The third kappa shape index (κ3) is 6.38. The molecule has 14 heavy (non-hydrogen) atoms. The minimum atomic E-state index is -1.41. The first kappa shape index (κ1) is 12.9. The molecule has 6 heteroatoms. The molecule has 0 aliphatic heterocycles. The van der Waals surface area contributed by atoms with Crippen molar-refractivity contribution in [3.63, 3.8) is 0 Å². The minimum absolute atomic E-state index is 0.0696. The predicted octanol–water partition coefficient (Wildman–Crippen LogP) is -1.45. The second-order valence-corrected chi connectivity index (χ2v) is 3.37. The van der Waals surface area contributed by atoms with E-state index in [4.69, 9.17) is 5.11 Å². The van der Waals surface area contributed by atoms with Gasteiger partial charge in [0.15, 0.2) is 0 Å². The van der Waals surface area contributed by atoms with Gasteiger partial charge in [0.2, 0.25) is 5.91 Å². The Hall–Kier alpha value is -1.14. The Morgan fingerprint density at radius 1 is 1.43 bits per heavy atom. The number of hydrogen-bond acceptors (Lipinski definition) is 4. The summed E-state index contributed by atoms with van der Waals surface area (Å²) in [5.74, 6) is -1.38. The Morgan fingerprint density at radius 2 is 2.00 bits per heavy atom. The maximum absolute atomic E-state index is 10.9. The average Bonchev–Trinajstić information content (AvgIpc) is 1.99. The van der Waals surface area contributed by atoms with Crippen LogP contribution in [0.15, 0.2) is 0 Å². The van der Waals surface area contributed by atoms with Crippen molar-refractivity contribution in [3.05, 3.63) is 0 Å². The van der Waals surface area contributed by atoms with Gasteiger partial charge >= 0.3 is 5.97 Å². The maximum Gasteiger partial charge on any atom is 0.306 e. The molecule has 0 aromatic rings. The molecule has 0 aromatic carbocycles. The van der Waals surface area contributed by atoms with E-state index >= 15 is 0 Å². The highest BCUT2D eigenvalue weighted by molar-refractivity contribution is 5.78. The van der Waals surface area contributed by atoms with Gasteiger partial charge in [0.25, 0.3) is 0 Å². The molecule has 0 bridgehead atoms. The zero-order chi connectivity index (χ0) is 11.2. The van der Waals surface area contributed by atoms with Crippen molar-refractivity contribution in [1.29, 1.82) is 0 Å². The average molecular weight is 204 g/mol. The molecule has 1 atom stereocenters. The molecule has 0 aliphatic carbocycles. The molecule has 82 valence electrons. The van der Waals surface area contributed by atoms with E-state index in [9.17, 15) is 14.7 Å². The quantitative estimate of drug-likeness (QED) is 0.424. The van der Waals surface area contributed by atoms with E-state index in [2.05, 4.69) is 10.6 Å². The Morgan fingerprint density at radius 3 is 2.43 bits per heavy atom. The molecule has 1 amide bonds. The van der Waals surface area contributed by atoms with Crippen LogP contribution in [0.3, 0.4) is 0 Å². The van der Waals surface area contributed by atoms with Crippen LogP contribution in [0.2, 0.25) is 0 Å². The summed E-state index contributed by atoms with van der Waals surface area (Å²) in [4.78, 5) is 21.2. The van der Waals surface area contributed by atoms with Gasteiger partial charge < -0.3 is 20.8 Å². The van der Waals surface area contributed by atoms with Gasteiger partial charge in [-0.15, -0.1) is 0 Å². The molecule has 0 heterocycles. The molecule has 0 aliphatic rings. The first-order valence-electron chi connectivity index (χ1n) is 4.23. The minimum Gasteiger partial charge on any atom is -0.481 e. The second kappa shape index (κ2) is 5.56. The smallest absolute Gasteiger partial charge is 0.306 e. The zero-order valence-electron chi connectivity index (χ0n) is 8.33. The van der Waals surface area contributed by atoms with Crippen molar-refractivity contribution in [2.24, 2.45) is 0 Å². The Balaban J connectivity index is 3.86. The standard InChI is InChI=1S/C8H16N2O4/c1-8(14,3-7(12)13)5-10-6(11)4-9-2/h9,14H,3-5H2,1-2H3,(H,10,11)(H,12,13). The van der Waals surface area contributed by atoms with Crippen molar-refractivity contribution in [2.45, 2.75) is 18.9 Å². The molecule has 0 radical (unpaired) electrons. The van der Waals surface area contributed by atoms with Gasteiger partial charge in [-0.25, -0.2) is 0 Å². The molecule has 0 spiro atoms. The summed E-state index contributed by atoms with van der Waals surface area (Å²) in [5.41, 5.74) is -1.41. The third-order valence-corrected chi connectivity index (χ3v) is 1.54. The molecule has 1 unspecified atom stereocenters. The normalized spacial score (nSPS) is 14.5. The fourth-order valence-electron chi connectivity index (χ4n) is 0.900. The van der Waals surface area contributed by atoms with Crippen LogP contribution >= 0.6 is 0 Å². The van der Waals surface area contributed by atoms with Crippen molar-refractivity contribution < 1.29 is 19.8 Å². The lowest BCUT2D eigenvalue weighted by Gasteiger charge is -2.21. The number of aliphatic hydroxyl groups is 1. The molecular weight excluding hydrogens is 188 g/mol. The van der Waals surface area contributed by atoms with Crippen molar-refractivity contribution in [2.75, 3.05) is 20.1 Å². The van der Waals surface area contributed by atoms with E-state index in [1.54, 1.807) is 7.05 Å². The van der Waals surface area contributed by atoms with E-state index < -0.39 is 18.0 Å². The van der Waals surface area contributed by atoms with Gasteiger partial charge in [0, 0.05) is 6.54 Å². The Bertz CT molecular complexity index is 215. The fourth-order valence-corrected chi connectivity index (χ4v) is 0.900. The molecular formula is C8H16N2O4. The van der Waals surface area contributed by atoms with Crippen LogP contribution in [0, 0.1) is 0 Å². The topological polar surface area (TPSA) is 98.7 Å². The van der Waals surface area contributed by atoms with Crippen LogP contribution in [-0.2, 0) is 9.59 Å². The fraction of sp³-hybridized carbons (Fsp3) is 0.750. The van der Waals surface area contributed by atoms with Gasteiger partial charge in [0.1, 0.15) is 0 Å². The number of hydrogen-bond donors (Lipinski definition) is 4. The third-order valence-electron chi connectivity index (χ3n) is 1.54. The van der Waals surface area contributed by atoms with Gasteiger partial charge in [-0.2, -0.15) is 0 Å². The highest BCUT2D eigenvalue weighted by atomic mass is 16.4. The van der Waals surface area contributed by atoms with Crippen molar-refractivity contribution >= 4 is 11.9 Å². The van der Waals surface area contributed by atoms with E-state index in [1.807, 2.05) is 0 Å². The summed E-state index contributed by atoms with van der Waals surface area (Å²) >= 11 is 0. The number of carboxylic acids is 1. The number of likely N-dealkylation sites (N-methyl/N-ethyl adjacent to an activating group) is 1. The van der Waals surface area contributed by atoms with Crippen LogP contribution in [-0.4, -0.2) is 47.8 Å². The molecule has 4 N–H and O–H groups in total. The number of rotatable bonds is 6. The van der Waals surface area contributed by atoms with Gasteiger partial charge in [-0.05, 0) is 14.0 Å².